The van der Waals surface area contributed by atoms with Crippen molar-refractivity contribution in [3.63, 3.8) is 0 Å². The molecule has 1 aromatic rings. The van der Waals surface area contributed by atoms with Crippen LogP contribution < -0.4 is 10.1 Å². The summed E-state index contributed by atoms with van der Waals surface area (Å²) in [6.07, 6.45) is 0. The Bertz CT molecular complexity index is 378. The van der Waals surface area contributed by atoms with Crippen molar-refractivity contribution >= 4 is 0 Å². The maximum atomic E-state index is 10.1. The minimum atomic E-state index is 0.0889. The number of phenols is 1. The number of phenolic OH excluding ortho intramolecular Hbond substituents is 1. The fraction of sp³-hybridized carbons (Fsp3) is 0.538. The van der Waals surface area contributed by atoms with E-state index in [2.05, 4.69) is 10.2 Å². The minimum absolute atomic E-state index is 0.0889. The molecule has 0 heterocycles. The van der Waals surface area contributed by atoms with Gasteiger partial charge in [-0.2, -0.15) is 0 Å². The molecule has 4 heteroatoms. The molecular weight excluding hydrogens is 216 g/mol. The molecule has 96 valence electrons. The van der Waals surface area contributed by atoms with Crippen molar-refractivity contribution in [3.8, 4) is 11.5 Å². The van der Waals surface area contributed by atoms with Crippen LogP contribution in [0.4, 0.5) is 0 Å². The molecule has 0 aliphatic carbocycles. The van der Waals surface area contributed by atoms with Gasteiger partial charge in [0.2, 0.25) is 0 Å². The molecular formula is C13H22N2O2. The molecule has 0 amide bonds. The zero-order valence-electron chi connectivity index (χ0n) is 11.2. The lowest BCUT2D eigenvalue weighted by atomic mass is 10.0. The fourth-order valence-corrected chi connectivity index (χ4v) is 1.79. The maximum Gasteiger partial charge on any atom is 0.162 e. The first-order chi connectivity index (χ1) is 7.99. The van der Waals surface area contributed by atoms with Crippen molar-refractivity contribution in [2.75, 3.05) is 28.3 Å². The molecule has 1 atom stereocenters. The van der Waals surface area contributed by atoms with E-state index >= 15 is 0 Å². The van der Waals surface area contributed by atoms with Gasteiger partial charge in [-0.3, -0.25) is 0 Å². The molecule has 0 radical (unpaired) electrons. The van der Waals surface area contributed by atoms with Crippen LogP contribution in [0.1, 0.15) is 24.1 Å². The van der Waals surface area contributed by atoms with Gasteiger partial charge in [0.25, 0.3) is 0 Å². The number of benzene rings is 1. The Morgan fingerprint density at radius 2 is 2.06 bits per heavy atom. The number of aromatic hydroxyl groups is 1. The molecule has 0 saturated carbocycles. The van der Waals surface area contributed by atoms with Gasteiger partial charge in [0, 0.05) is 18.2 Å². The largest absolute Gasteiger partial charge is 0.504 e. The molecule has 2 N–H and O–H groups in total. The highest BCUT2D eigenvalue weighted by Crippen LogP contribution is 2.35. The van der Waals surface area contributed by atoms with Gasteiger partial charge in [0.15, 0.2) is 11.5 Å². The average Bonchev–Trinajstić information content (AvgIpc) is 2.29. The molecule has 0 fully saturated rings. The van der Waals surface area contributed by atoms with Crippen molar-refractivity contribution in [2.24, 2.45) is 0 Å². The van der Waals surface area contributed by atoms with E-state index in [0.29, 0.717) is 5.75 Å². The van der Waals surface area contributed by atoms with Gasteiger partial charge in [0.1, 0.15) is 0 Å². The second-order valence-electron chi connectivity index (χ2n) is 4.48. The fourth-order valence-electron chi connectivity index (χ4n) is 1.79. The first-order valence-electron chi connectivity index (χ1n) is 5.71. The Balaban J connectivity index is 3.18. The van der Waals surface area contributed by atoms with Gasteiger partial charge in [-0.25, -0.2) is 0 Å². The summed E-state index contributed by atoms with van der Waals surface area (Å²) in [5, 5.41) is 13.2. The van der Waals surface area contributed by atoms with Gasteiger partial charge >= 0.3 is 0 Å². The predicted molar refractivity (Wildman–Crippen MR) is 69.5 cm³/mol. The molecule has 0 unspecified atom stereocenters. The van der Waals surface area contributed by atoms with E-state index in [9.17, 15) is 5.11 Å². The lowest BCUT2D eigenvalue weighted by Crippen LogP contribution is -2.15. The monoisotopic (exact) mass is 238 g/mol. The summed E-state index contributed by atoms with van der Waals surface area (Å²) in [4.78, 5) is 2.08. The number of rotatable bonds is 5. The summed E-state index contributed by atoms with van der Waals surface area (Å²) in [6, 6.07) is 3.98. The lowest BCUT2D eigenvalue weighted by Gasteiger charge is -2.18. The van der Waals surface area contributed by atoms with Crippen molar-refractivity contribution in [2.45, 2.75) is 19.5 Å². The molecule has 1 rings (SSSR count). The van der Waals surface area contributed by atoms with Gasteiger partial charge in [0.05, 0.1) is 7.11 Å². The summed E-state index contributed by atoms with van der Waals surface area (Å²) in [6.45, 7) is 2.83. The average molecular weight is 238 g/mol. The number of nitrogens with zero attached hydrogens (tertiary/aromatic N) is 1. The number of hydrogen-bond donors (Lipinski definition) is 2. The molecule has 0 aromatic heterocycles. The molecule has 0 bridgehead atoms. The standard InChI is InChI=1S/C13H22N2O2/c1-9(14-2)11-6-10(8-15(3)4)7-12(17-5)13(11)16/h6-7,9,14,16H,8H2,1-5H3/t9-/m1/s1. The van der Waals surface area contributed by atoms with Gasteiger partial charge in [-0.15, -0.1) is 0 Å². The molecule has 1 aromatic carbocycles. The van der Waals surface area contributed by atoms with E-state index in [1.54, 1.807) is 7.11 Å². The molecule has 17 heavy (non-hydrogen) atoms. The SMILES string of the molecule is CN[C@H](C)c1cc(CN(C)C)cc(OC)c1O. The highest BCUT2D eigenvalue weighted by molar-refractivity contribution is 5.49. The van der Waals surface area contributed by atoms with E-state index in [4.69, 9.17) is 4.74 Å². The Kier molecular flexibility index (Phi) is 4.78. The van der Waals surface area contributed by atoms with Crippen LogP contribution in [0.25, 0.3) is 0 Å². The van der Waals surface area contributed by atoms with Crippen molar-refractivity contribution in [3.05, 3.63) is 23.3 Å². The Labute approximate surface area is 103 Å². The van der Waals surface area contributed by atoms with E-state index < -0.39 is 0 Å². The topological polar surface area (TPSA) is 44.7 Å². The van der Waals surface area contributed by atoms with Crippen LogP contribution in [0, 0.1) is 0 Å². The van der Waals surface area contributed by atoms with Crippen LogP contribution in [0.5, 0.6) is 11.5 Å². The smallest absolute Gasteiger partial charge is 0.162 e. The van der Waals surface area contributed by atoms with Crippen LogP contribution in [-0.4, -0.2) is 38.3 Å². The summed E-state index contributed by atoms with van der Waals surface area (Å²) in [7, 11) is 7.47. The Morgan fingerprint density at radius 1 is 1.41 bits per heavy atom. The highest BCUT2D eigenvalue weighted by atomic mass is 16.5. The van der Waals surface area contributed by atoms with Crippen LogP contribution in [-0.2, 0) is 6.54 Å². The minimum Gasteiger partial charge on any atom is -0.504 e. The van der Waals surface area contributed by atoms with E-state index in [-0.39, 0.29) is 11.8 Å². The zero-order chi connectivity index (χ0) is 13.0. The molecule has 0 aliphatic heterocycles. The second-order valence-corrected chi connectivity index (χ2v) is 4.48. The Morgan fingerprint density at radius 3 is 2.53 bits per heavy atom. The number of methoxy groups -OCH3 is 1. The van der Waals surface area contributed by atoms with Crippen LogP contribution in [0.3, 0.4) is 0 Å². The van der Waals surface area contributed by atoms with Gasteiger partial charge in [-0.05, 0) is 45.8 Å². The highest BCUT2D eigenvalue weighted by Gasteiger charge is 2.15. The summed E-state index contributed by atoms with van der Waals surface area (Å²) < 4.78 is 5.21. The van der Waals surface area contributed by atoms with E-state index in [1.165, 1.54) is 0 Å². The van der Waals surface area contributed by atoms with Gasteiger partial charge < -0.3 is 20.1 Å². The molecule has 0 aliphatic rings. The normalized spacial score (nSPS) is 12.8. The van der Waals surface area contributed by atoms with Crippen molar-refractivity contribution in [1.82, 2.24) is 10.2 Å². The third kappa shape index (κ3) is 3.35. The van der Waals surface area contributed by atoms with Gasteiger partial charge in [-0.1, -0.05) is 0 Å². The molecule has 0 spiro atoms. The first kappa shape index (κ1) is 13.8. The van der Waals surface area contributed by atoms with Crippen LogP contribution in [0.15, 0.2) is 12.1 Å². The quantitative estimate of drug-likeness (QED) is 0.820. The lowest BCUT2D eigenvalue weighted by molar-refractivity contribution is 0.363. The summed E-state index contributed by atoms with van der Waals surface area (Å²) in [5.74, 6) is 0.748. The third-order valence-corrected chi connectivity index (χ3v) is 2.78. The van der Waals surface area contributed by atoms with E-state index in [0.717, 1.165) is 17.7 Å². The third-order valence-electron chi connectivity index (χ3n) is 2.78. The maximum absolute atomic E-state index is 10.1. The predicted octanol–water partition coefficient (Wildman–Crippen LogP) is 1.74. The summed E-state index contributed by atoms with van der Waals surface area (Å²) >= 11 is 0. The number of nitrogens with one attached hydrogen (secondary N) is 1. The zero-order valence-corrected chi connectivity index (χ0v) is 11.2. The van der Waals surface area contributed by atoms with Crippen molar-refractivity contribution < 1.29 is 9.84 Å². The molecule has 0 saturated heterocycles. The van der Waals surface area contributed by atoms with E-state index in [1.807, 2.05) is 40.2 Å². The van der Waals surface area contributed by atoms with Crippen molar-refractivity contribution in [1.29, 1.82) is 0 Å². The Hall–Kier alpha value is -1.26. The summed E-state index contributed by atoms with van der Waals surface area (Å²) in [5.41, 5.74) is 1.99. The van der Waals surface area contributed by atoms with Crippen LogP contribution >= 0.6 is 0 Å². The second kappa shape index (κ2) is 5.89. The number of ether oxygens (including phenoxy) is 1. The molecule has 4 nitrogen and oxygen atoms in total. The van der Waals surface area contributed by atoms with Crippen LogP contribution in [0.2, 0.25) is 0 Å². The number of hydrogen-bond acceptors (Lipinski definition) is 4. The first-order valence-corrected chi connectivity index (χ1v) is 5.71.